The van der Waals surface area contributed by atoms with Crippen LogP contribution in [0.15, 0.2) is 54.1 Å². The van der Waals surface area contributed by atoms with Crippen LogP contribution in [-0.2, 0) is 20.9 Å². The number of ether oxygens (including phenoxy) is 1. The lowest BCUT2D eigenvalue weighted by Crippen LogP contribution is -2.16. The van der Waals surface area contributed by atoms with Gasteiger partial charge in [-0.25, -0.2) is 4.79 Å². The van der Waals surface area contributed by atoms with Crippen molar-refractivity contribution < 1.29 is 14.3 Å². The minimum Gasteiger partial charge on any atom is -0.758 e. The van der Waals surface area contributed by atoms with Crippen LogP contribution in [0.4, 0.5) is 5.69 Å². The summed E-state index contributed by atoms with van der Waals surface area (Å²) in [5, 5.41) is 21.8. The molecule has 0 aromatic heterocycles. The van der Waals surface area contributed by atoms with Crippen molar-refractivity contribution in [2.75, 3.05) is 11.6 Å². The number of anilines is 1. The van der Waals surface area contributed by atoms with Crippen molar-refractivity contribution in [3.05, 3.63) is 76.0 Å². The van der Waals surface area contributed by atoms with E-state index in [1.54, 1.807) is 19.1 Å². The topological polar surface area (TPSA) is 93.5 Å². The number of Topliss-reactive ketones (excluding diaryl/α,β-unsaturated/α-hetero) is 1. The Morgan fingerprint density at radius 2 is 1.93 bits per heavy atom. The molecule has 0 atom stereocenters. The average molecular weight is 363 g/mol. The van der Waals surface area contributed by atoms with Gasteiger partial charge in [-0.2, -0.15) is 5.26 Å². The molecule has 6 nitrogen and oxygen atoms in total. The fraction of sp³-hybridized carbons (Fsp3) is 0.190. The summed E-state index contributed by atoms with van der Waals surface area (Å²) in [5.74, 6) is -1.24. The van der Waals surface area contributed by atoms with Gasteiger partial charge in [-0.1, -0.05) is 36.4 Å². The van der Waals surface area contributed by atoms with Crippen LogP contribution in [0, 0.1) is 16.5 Å². The monoisotopic (exact) mass is 363 g/mol. The van der Waals surface area contributed by atoms with Crippen LogP contribution in [0.2, 0.25) is 0 Å². The van der Waals surface area contributed by atoms with Crippen LogP contribution in [0.1, 0.15) is 30.5 Å². The Bertz CT molecular complexity index is 898. The highest BCUT2D eigenvalue weighted by Gasteiger charge is 2.17. The van der Waals surface area contributed by atoms with Crippen LogP contribution < -0.4 is 5.06 Å². The molecule has 0 aliphatic carbocycles. The largest absolute Gasteiger partial charge is 0.758 e. The molecule has 2 aromatic carbocycles. The van der Waals surface area contributed by atoms with Gasteiger partial charge in [0.15, 0.2) is 5.78 Å². The van der Waals surface area contributed by atoms with E-state index < -0.39 is 11.8 Å². The first kappa shape index (κ1) is 19.9. The van der Waals surface area contributed by atoms with Crippen molar-refractivity contribution in [2.45, 2.75) is 20.5 Å². The van der Waals surface area contributed by atoms with Gasteiger partial charge in [0.05, 0.1) is 11.6 Å². The van der Waals surface area contributed by atoms with Crippen molar-refractivity contribution in [1.82, 2.24) is 0 Å². The second kappa shape index (κ2) is 9.32. The summed E-state index contributed by atoms with van der Waals surface area (Å²) in [6.07, 6.45) is 1.33. The van der Waals surface area contributed by atoms with Gasteiger partial charge < -0.3 is 15.0 Å². The summed E-state index contributed by atoms with van der Waals surface area (Å²) in [6, 6.07) is 15.5. The second-order valence-electron chi connectivity index (χ2n) is 5.76. The summed E-state index contributed by atoms with van der Waals surface area (Å²) in [7, 11) is 0. The molecular formula is C21H19N2O4-. The van der Waals surface area contributed by atoms with Crippen LogP contribution in [0.5, 0.6) is 0 Å². The molecule has 2 rings (SSSR count). The number of esters is 1. The molecule has 0 bridgehead atoms. The highest BCUT2D eigenvalue weighted by molar-refractivity contribution is 6.20. The Hall–Kier alpha value is -3.43. The highest BCUT2D eigenvalue weighted by atomic mass is 16.5. The number of rotatable bonds is 7. The van der Waals surface area contributed by atoms with Gasteiger partial charge in [0.25, 0.3) is 0 Å². The molecule has 0 unspecified atom stereocenters. The Labute approximate surface area is 157 Å². The predicted octanol–water partition coefficient (Wildman–Crippen LogP) is 3.60. The van der Waals surface area contributed by atoms with E-state index in [4.69, 9.17) is 10.00 Å². The molecule has 138 valence electrons. The van der Waals surface area contributed by atoms with Crippen molar-refractivity contribution in [3.8, 4) is 6.07 Å². The lowest BCUT2D eigenvalue weighted by Gasteiger charge is -2.30. The first-order valence-electron chi connectivity index (χ1n) is 8.38. The number of carbonyl (C=O) groups is 2. The predicted molar refractivity (Wildman–Crippen MR) is 102 cm³/mol. The molecule has 0 radical (unpaired) electrons. The molecule has 0 heterocycles. The van der Waals surface area contributed by atoms with Crippen molar-refractivity contribution in [2.24, 2.45) is 0 Å². The van der Waals surface area contributed by atoms with Gasteiger partial charge in [0.2, 0.25) is 0 Å². The Kier molecular flexibility index (Phi) is 6.86. The van der Waals surface area contributed by atoms with Gasteiger partial charge >= 0.3 is 5.97 Å². The van der Waals surface area contributed by atoms with E-state index in [1.165, 1.54) is 31.2 Å². The molecular weight excluding hydrogens is 344 g/mol. The Balaban J connectivity index is 2.33. The maximum atomic E-state index is 12.4. The quantitative estimate of drug-likeness (QED) is 0.245. The molecule has 0 fully saturated rings. The van der Waals surface area contributed by atoms with Crippen LogP contribution in [0.3, 0.4) is 0 Å². The van der Waals surface area contributed by atoms with E-state index in [2.05, 4.69) is 0 Å². The minimum atomic E-state index is -0.768. The SMILES string of the molecule is CCN([O-])c1cc(C#N)ccc1/C=C(\C(C)=O)C(=O)OCc1ccccc1. The van der Waals surface area contributed by atoms with E-state index in [0.29, 0.717) is 16.2 Å². The molecule has 0 spiro atoms. The van der Waals surface area contributed by atoms with Gasteiger partial charge in [0.1, 0.15) is 12.2 Å². The number of hydrogen-bond acceptors (Lipinski definition) is 6. The maximum Gasteiger partial charge on any atom is 0.342 e. The van der Waals surface area contributed by atoms with Crippen LogP contribution >= 0.6 is 0 Å². The smallest absolute Gasteiger partial charge is 0.342 e. The van der Waals surface area contributed by atoms with E-state index in [1.807, 2.05) is 24.3 Å². The molecule has 0 aliphatic rings. The summed E-state index contributed by atoms with van der Waals surface area (Å²) in [5.41, 5.74) is 1.53. The van der Waals surface area contributed by atoms with Crippen molar-refractivity contribution in [3.63, 3.8) is 0 Å². The van der Waals surface area contributed by atoms with Crippen molar-refractivity contribution >= 4 is 23.5 Å². The number of hydroxylamine groups is 1. The molecule has 0 amide bonds. The number of carbonyl (C=O) groups excluding carboxylic acids is 2. The third kappa shape index (κ3) is 5.27. The molecule has 0 aliphatic heterocycles. The molecule has 0 N–H and O–H groups in total. The molecule has 0 saturated heterocycles. The lowest BCUT2D eigenvalue weighted by atomic mass is 10.0. The van der Waals surface area contributed by atoms with E-state index in [9.17, 15) is 14.8 Å². The summed E-state index contributed by atoms with van der Waals surface area (Å²) in [6.45, 7) is 3.12. The van der Waals surface area contributed by atoms with Crippen LogP contribution in [0.25, 0.3) is 6.08 Å². The number of ketones is 1. The number of nitriles is 1. The molecule has 2 aromatic rings. The third-order valence-corrected chi connectivity index (χ3v) is 3.83. The van der Waals surface area contributed by atoms with Gasteiger partial charge in [-0.3, -0.25) is 4.79 Å². The van der Waals surface area contributed by atoms with Crippen LogP contribution in [-0.4, -0.2) is 18.3 Å². The first-order chi connectivity index (χ1) is 13.0. The molecule has 0 saturated carbocycles. The average Bonchev–Trinajstić information content (AvgIpc) is 2.70. The maximum absolute atomic E-state index is 12.4. The Morgan fingerprint density at radius 1 is 1.22 bits per heavy atom. The van der Waals surface area contributed by atoms with Crippen molar-refractivity contribution in [1.29, 1.82) is 5.26 Å². The highest BCUT2D eigenvalue weighted by Crippen LogP contribution is 2.25. The fourth-order valence-electron chi connectivity index (χ4n) is 2.38. The van der Waals surface area contributed by atoms with E-state index >= 15 is 0 Å². The van der Waals surface area contributed by atoms with Gasteiger partial charge in [-0.05, 0) is 43.2 Å². The van der Waals surface area contributed by atoms with E-state index in [-0.39, 0.29) is 24.4 Å². The zero-order valence-electron chi connectivity index (χ0n) is 15.1. The number of benzene rings is 2. The van der Waals surface area contributed by atoms with Gasteiger partial charge in [0, 0.05) is 12.2 Å². The van der Waals surface area contributed by atoms with Gasteiger partial charge in [-0.15, -0.1) is 0 Å². The zero-order valence-corrected chi connectivity index (χ0v) is 15.1. The minimum absolute atomic E-state index is 0.0349. The number of hydrogen-bond donors (Lipinski definition) is 0. The van der Waals surface area contributed by atoms with E-state index in [0.717, 1.165) is 5.56 Å². The zero-order chi connectivity index (χ0) is 19.8. The third-order valence-electron chi connectivity index (χ3n) is 3.83. The summed E-state index contributed by atoms with van der Waals surface area (Å²) in [4.78, 5) is 24.3. The first-order valence-corrected chi connectivity index (χ1v) is 8.38. The standard InChI is InChI=1S/C21H19N2O4/c1-3-23(26)20-11-17(13-22)9-10-18(20)12-19(15(2)24)21(25)27-14-16-7-5-4-6-8-16/h4-12H,3,14H2,1-2H3/q-1/b19-12+. The summed E-state index contributed by atoms with van der Waals surface area (Å²) >= 11 is 0. The fourth-order valence-corrected chi connectivity index (χ4v) is 2.38. The number of nitrogens with zero attached hydrogens (tertiary/aromatic N) is 2. The summed E-state index contributed by atoms with van der Waals surface area (Å²) < 4.78 is 5.22. The molecule has 6 heteroatoms. The normalized spacial score (nSPS) is 10.8. The lowest BCUT2D eigenvalue weighted by molar-refractivity contribution is -0.141. The Morgan fingerprint density at radius 3 is 2.52 bits per heavy atom. The molecule has 27 heavy (non-hydrogen) atoms. The second-order valence-corrected chi connectivity index (χ2v) is 5.76.